The lowest BCUT2D eigenvalue weighted by atomic mass is 9.93. The first kappa shape index (κ1) is 20.8. The predicted molar refractivity (Wildman–Crippen MR) is 130 cm³/mol. The Morgan fingerprint density at radius 1 is 0.933 bits per heavy atom. The Bertz CT molecular complexity index is 1200. The summed E-state index contributed by atoms with van der Waals surface area (Å²) in [6, 6.07) is 15.7. The van der Waals surface area contributed by atoms with E-state index in [1.807, 2.05) is 17.5 Å². The van der Waals surface area contributed by atoms with Crippen LogP contribution < -0.4 is 0 Å². The summed E-state index contributed by atoms with van der Waals surface area (Å²) in [7, 11) is 1.79. The van der Waals surface area contributed by atoms with Crippen molar-refractivity contribution in [2.75, 3.05) is 7.11 Å². The van der Waals surface area contributed by atoms with Gasteiger partial charge in [-0.2, -0.15) is 0 Å². The van der Waals surface area contributed by atoms with Gasteiger partial charge in [-0.25, -0.2) is 0 Å². The molecule has 0 bridgehead atoms. The summed E-state index contributed by atoms with van der Waals surface area (Å²) < 4.78 is 6.83. The third-order valence-electron chi connectivity index (χ3n) is 5.71. The number of aryl methyl sites for hydroxylation is 4. The molecule has 0 aliphatic rings. The Labute approximate surface area is 183 Å². The first-order chi connectivity index (χ1) is 14.4. The van der Waals surface area contributed by atoms with E-state index in [1.165, 1.54) is 53.9 Å². The van der Waals surface area contributed by atoms with E-state index in [4.69, 9.17) is 9.72 Å². The zero-order valence-electron chi connectivity index (χ0n) is 18.7. The molecular formula is C27H29NOS. The molecule has 0 fully saturated rings. The molecule has 0 radical (unpaired) electrons. The van der Waals surface area contributed by atoms with Crippen LogP contribution in [0.4, 0.5) is 0 Å². The predicted octanol–water partition coefficient (Wildman–Crippen LogP) is 7.44. The third kappa shape index (κ3) is 4.05. The Balaban J connectivity index is 1.90. The van der Waals surface area contributed by atoms with Gasteiger partial charge in [0.1, 0.15) is 0 Å². The number of hydrogen-bond donors (Lipinski definition) is 0. The maximum Gasteiger partial charge on any atom is 0.0880 e. The quantitative estimate of drug-likeness (QED) is 0.338. The minimum Gasteiger partial charge on any atom is -0.381 e. The fourth-order valence-corrected chi connectivity index (χ4v) is 5.48. The van der Waals surface area contributed by atoms with Crippen LogP contribution in [0.5, 0.6) is 0 Å². The van der Waals surface area contributed by atoms with E-state index < -0.39 is 0 Å². The molecule has 154 valence electrons. The first-order valence-electron chi connectivity index (χ1n) is 10.5. The van der Waals surface area contributed by atoms with E-state index in [2.05, 4.69) is 77.1 Å². The van der Waals surface area contributed by atoms with E-state index in [-0.39, 0.29) is 6.10 Å². The SMILES string of the molecule is COC(C)Cc1c(C)cc(C)cc1-c1cc2ccnc(-c3cc(C)cc(C)c3)c2s1. The van der Waals surface area contributed by atoms with Crippen molar-refractivity contribution in [1.82, 2.24) is 4.98 Å². The van der Waals surface area contributed by atoms with E-state index in [0.29, 0.717) is 0 Å². The lowest BCUT2D eigenvalue weighted by Crippen LogP contribution is -2.10. The van der Waals surface area contributed by atoms with Gasteiger partial charge in [0.05, 0.1) is 16.5 Å². The third-order valence-corrected chi connectivity index (χ3v) is 6.90. The number of benzene rings is 2. The van der Waals surface area contributed by atoms with Crippen molar-refractivity contribution >= 4 is 21.4 Å². The number of methoxy groups -OCH3 is 1. The number of rotatable bonds is 5. The lowest BCUT2D eigenvalue weighted by Gasteiger charge is -2.16. The van der Waals surface area contributed by atoms with Crippen molar-refractivity contribution in [3.63, 3.8) is 0 Å². The summed E-state index contributed by atoms with van der Waals surface area (Å²) in [4.78, 5) is 6.08. The van der Waals surface area contributed by atoms with Gasteiger partial charge < -0.3 is 4.74 Å². The number of thiophene rings is 1. The van der Waals surface area contributed by atoms with Crippen molar-refractivity contribution in [2.24, 2.45) is 0 Å². The van der Waals surface area contributed by atoms with Gasteiger partial charge >= 0.3 is 0 Å². The van der Waals surface area contributed by atoms with Crippen LogP contribution in [0.3, 0.4) is 0 Å². The molecule has 0 N–H and O–H groups in total. The van der Waals surface area contributed by atoms with Gasteiger partial charge in [-0.3, -0.25) is 4.98 Å². The molecule has 0 aliphatic carbocycles. The Hall–Kier alpha value is -2.49. The van der Waals surface area contributed by atoms with Crippen molar-refractivity contribution in [3.8, 4) is 21.7 Å². The minimum absolute atomic E-state index is 0.187. The van der Waals surface area contributed by atoms with Crippen molar-refractivity contribution in [2.45, 2.75) is 47.1 Å². The summed E-state index contributed by atoms with van der Waals surface area (Å²) in [5.41, 5.74) is 10.1. The number of aromatic nitrogens is 1. The van der Waals surface area contributed by atoms with Crippen LogP contribution >= 0.6 is 11.3 Å². The minimum atomic E-state index is 0.187. The molecule has 4 rings (SSSR count). The molecule has 30 heavy (non-hydrogen) atoms. The smallest absolute Gasteiger partial charge is 0.0880 e. The average molecular weight is 416 g/mol. The van der Waals surface area contributed by atoms with E-state index in [1.54, 1.807) is 7.11 Å². The fraction of sp³-hybridized carbons (Fsp3) is 0.296. The van der Waals surface area contributed by atoms with Crippen molar-refractivity contribution < 1.29 is 4.74 Å². The van der Waals surface area contributed by atoms with Crippen LogP contribution in [-0.4, -0.2) is 18.2 Å². The molecule has 2 nitrogen and oxygen atoms in total. The maximum atomic E-state index is 5.58. The van der Waals surface area contributed by atoms with Crippen LogP contribution in [0.15, 0.2) is 48.7 Å². The topological polar surface area (TPSA) is 22.1 Å². The lowest BCUT2D eigenvalue weighted by molar-refractivity contribution is 0.119. The molecule has 0 aliphatic heterocycles. The van der Waals surface area contributed by atoms with E-state index in [0.717, 1.165) is 12.1 Å². The average Bonchev–Trinajstić information content (AvgIpc) is 3.13. The van der Waals surface area contributed by atoms with E-state index in [9.17, 15) is 0 Å². The molecular weight excluding hydrogens is 386 g/mol. The van der Waals surface area contributed by atoms with Gasteiger partial charge in [-0.05, 0) is 87.4 Å². The molecule has 1 unspecified atom stereocenters. The highest BCUT2D eigenvalue weighted by atomic mass is 32.1. The molecule has 3 heteroatoms. The summed E-state index contributed by atoms with van der Waals surface area (Å²) in [6.45, 7) is 10.8. The highest BCUT2D eigenvalue weighted by molar-refractivity contribution is 7.22. The molecule has 0 amide bonds. The number of fused-ring (bicyclic) bond motifs is 1. The van der Waals surface area contributed by atoms with Crippen LogP contribution in [0.1, 0.15) is 34.7 Å². The molecule has 0 spiro atoms. The second-order valence-corrected chi connectivity index (χ2v) is 9.48. The van der Waals surface area contributed by atoms with Crippen molar-refractivity contribution in [1.29, 1.82) is 0 Å². The second-order valence-electron chi connectivity index (χ2n) is 8.42. The Kier molecular flexibility index (Phi) is 5.77. The summed E-state index contributed by atoms with van der Waals surface area (Å²) in [6.07, 6.45) is 3.03. The monoisotopic (exact) mass is 415 g/mol. The van der Waals surface area contributed by atoms with Gasteiger partial charge in [0, 0.05) is 23.7 Å². The fourth-order valence-electron chi connectivity index (χ4n) is 4.27. The molecule has 1 atom stereocenters. The van der Waals surface area contributed by atoms with Gasteiger partial charge in [-0.1, -0.05) is 34.9 Å². The van der Waals surface area contributed by atoms with E-state index >= 15 is 0 Å². The first-order valence-corrected chi connectivity index (χ1v) is 11.3. The Morgan fingerprint density at radius 2 is 1.63 bits per heavy atom. The second kappa shape index (κ2) is 8.33. The summed E-state index contributed by atoms with van der Waals surface area (Å²) in [5, 5.41) is 1.25. The summed E-state index contributed by atoms with van der Waals surface area (Å²) in [5.74, 6) is 0. The molecule has 2 heterocycles. The molecule has 0 saturated carbocycles. The molecule has 2 aromatic heterocycles. The van der Waals surface area contributed by atoms with Crippen LogP contribution in [0, 0.1) is 27.7 Å². The molecule has 0 saturated heterocycles. The number of pyridine rings is 1. The maximum absolute atomic E-state index is 5.58. The standard InChI is InChI=1S/C27H29NOS/c1-16-9-17(2)12-22(11-16)26-27-21(7-8-28-26)15-25(30-27)24-13-18(3)10-19(4)23(24)14-20(5)29-6/h7-13,15,20H,14H2,1-6H3. The largest absolute Gasteiger partial charge is 0.381 e. The molecule has 4 aromatic rings. The summed E-state index contributed by atoms with van der Waals surface area (Å²) >= 11 is 1.85. The van der Waals surface area contributed by atoms with Crippen LogP contribution in [0.25, 0.3) is 31.8 Å². The van der Waals surface area contributed by atoms with Gasteiger partial charge in [0.2, 0.25) is 0 Å². The zero-order valence-corrected chi connectivity index (χ0v) is 19.5. The van der Waals surface area contributed by atoms with Crippen LogP contribution in [0.2, 0.25) is 0 Å². The highest BCUT2D eigenvalue weighted by Gasteiger charge is 2.17. The zero-order chi connectivity index (χ0) is 21.4. The number of nitrogens with zero attached hydrogens (tertiary/aromatic N) is 1. The van der Waals surface area contributed by atoms with Crippen LogP contribution in [-0.2, 0) is 11.2 Å². The number of ether oxygens (including phenoxy) is 1. The van der Waals surface area contributed by atoms with Gasteiger partial charge in [0.25, 0.3) is 0 Å². The normalized spacial score (nSPS) is 12.5. The highest BCUT2D eigenvalue weighted by Crippen LogP contribution is 2.41. The van der Waals surface area contributed by atoms with Gasteiger partial charge in [-0.15, -0.1) is 11.3 Å². The van der Waals surface area contributed by atoms with Gasteiger partial charge in [0.15, 0.2) is 0 Å². The Morgan fingerprint density at radius 3 is 2.33 bits per heavy atom. The van der Waals surface area contributed by atoms with Crippen molar-refractivity contribution in [3.05, 3.63) is 76.5 Å². The molecule has 2 aromatic carbocycles. The number of hydrogen-bond acceptors (Lipinski definition) is 3.